The Morgan fingerprint density at radius 1 is 0.438 bits per heavy atom. The van der Waals surface area contributed by atoms with Crippen LogP contribution in [0.25, 0.3) is 54.9 Å². The van der Waals surface area contributed by atoms with Crippen LogP contribution in [0, 0.1) is 0 Å². The molecule has 0 radical (unpaired) electrons. The molecule has 0 aliphatic heterocycles. The molecule has 7 aromatic rings. The minimum absolute atomic E-state index is 1.19. The average Bonchev–Trinajstić information content (AvgIpc) is 3.43. The van der Waals surface area contributed by atoms with Gasteiger partial charge in [0.1, 0.15) is 0 Å². The SMILES string of the molecule is c1ccc(-n2c3ccccc3c3c4ccn(-c5ccc6ccccc6c5)c4ccc32)cc1. The molecular weight excluding hydrogens is 388 g/mol. The molecule has 0 atom stereocenters. The van der Waals surface area contributed by atoms with E-state index in [4.69, 9.17) is 0 Å². The highest BCUT2D eigenvalue weighted by molar-refractivity contribution is 6.21. The third-order valence-electron chi connectivity index (χ3n) is 6.53. The van der Waals surface area contributed by atoms with E-state index in [9.17, 15) is 0 Å². The monoisotopic (exact) mass is 408 g/mol. The summed E-state index contributed by atoms with van der Waals surface area (Å²) in [6.07, 6.45) is 2.20. The van der Waals surface area contributed by atoms with E-state index in [1.165, 1.54) is 54.9 Å². The van der Waals surface area contributed by atoms with Crippen LogP contribution < -0.4 is 0 Å². The van der Waals surface area contributed by atoms with Crippen LogP contribution in [-0.4, -0.2) is 9.13 Å². The van der Waals surface area contributed by atoms with Crippen molar-refractivity contribution in [3.05, 3.63) is 121 Å². The van der Waals surface area contributed by atoms with Gasteiger partial charge in [0.05, 0.1) is 16.6 Å². The lowest BCUT2D eigenvalue weighted by Gasteiger charge is -2.09. The lowest BCUT2D eigenvalue weighted by molar-refractivity contribution is 1.13. The molecule has 0 saturated heterocycles. The quantitative estimate of drug-likeness (QED) is 0.275. The van der Waals surface area contributed by atoms with E-state index in [-0.39, 0.29) is 0 Å². The van der Waals surface area contributed by atoms with Crippen molar-refractivity contribution < 1.29 is 0 Å². The standard InChI is InChI=1S/C30H20N2/c1-2-10-23(11-3-1)32-28-13-7-6-12-25(28)30-26-18-19-31(27(26)16-17-29(30)32)24-15-14-21-8-4-5-9-22(21)20-24/h1-20H. The van der Waals surface area contributed by atoms with Crippen molar-refractivity contribution in [3.8, 4) is 11.4 Å². The minimum Gasteiger partial charge on any atom is -0.317 e. The molecule has 0 aliphatic carbocycles. The van der Waals surface area contributed by atoms with E-state index in [1.54, 1.807) is 0 Å². The Hall–Kier alpha value is -4.30. The normalized spacial score (nSPS) is 11.8. The van der Waals surface area contributed by atoms with Crippen LogP contribution in [0.5, 0.6) is 0 Å². The summed E-state index contributed by atoms with van der Waals surface area (Å²) in [6.45, 7) is 0. The van der Waals surface area contributed by atoms with Crippen molar-refractivity contribution in [2.75, 3.05) is 0 Å². The summed E-state index contributed by atoms with van der Waals surface area (Å²) >= 11 is 0. The fraction of sp³-hybridized carbons (Fsp3) is 0. The van der Waals surface area contributed by atoms with E-state index < -0.39 is 0 Å². The number of aromatic nitrogens is 2. The van der Waals surface area contributed by atoms with Crippen LogP contribution in [0.1, 0.15) is 0 Å². The van der Waals surface area contributed by atoms with E-state index in [2.05, 4.69) is 131 Å². The zero-order valence-electron chi connectivity index (χ0n) is 17.4. The fourth-order valence-electron chi connectivity index (χ4n) is 5.09. The summed E-state index contributed by atoms with van der Waals surface area (Å²) in [5.41, 5.74) is 6.07. The summed E-state index contributed by atoms with van der Waals surface area (Å²) in [5.74, 6) is 0. The van der Waals surface area contributed by atoms with Crippen molar-refractivity contribution >= 4 is 43.5 Å². The maximum Gasteiger partial charge on any atom is 0.0548 e. The van der Waals surface area contributed by atoms with Gasteiger partial charge in [0, 0.05) is 33.7 Å². The second-order valence-electron chi connectivity index (χ2n) is 8.30. The molecular formula is C30H20N2. The predicted octanol–water partition coefficient (Wildman–Crippen LogP) is 7.88. The highest BCUT2D eigenvalue weighted by atomic mass is 15.0. The number of rotatable bonds is 2. The second-order valence-corrected chi connectivity index (χ2v) is 8.30. The first kappa shape index (κ1) is 17.4. The number of nitrogens with zero attached hydrogens (tertiary/aromatic N) is 2. The molecule has 0 unspecified atom stereocenters. The van der Waals surface area contributed by atoms with Gasteiger partial charge >= 0.3 is 0 Å². The number of hydrogen-bond donors (Lipinski definition) is 0. The molecule has 2 heterocycles. The van der Waals surface area contributed by atoms with Crippen LogP contribution in [-0.2, 0) is 0 Å². The largest absolute Gasteiger partial charge is 0.317 e. The van der Waals surface area contributed by atoms with Crippen LogP contribution in [0.15, 0.2) is 121 Å². The summed E-state index contributed by atoms with van der Waals surface area (Å²) in [4.78, 5) is 0. The first-order chi connectivity index (χ1) is 15.9. The van der Waals surface area contributed by atoms with Crippen LogP contribution >= 0.6 is 0 Å². The lowest BCUT2D eigenvalue weighted by Crippen LogP contribution is -1.94. The van der Waals surface area contributed by atoms with Crippen molar-refractivity contribution in [2.24, 2.45) is 0 Å². The van der Waals surface area contributed by atoms with Crippen LogP contribution in [0.3, 0.4) is 0 Å². The molecule has 2 nitrogen and oxygen atoms in total. The van der Waals surface area contributed by atoms with Gasteiger partial charge in [-0.1, -0.05) is 66.7 Å². The predicted molar refractivity (Wildman–Crippen MR) is 135 cm³/mol. The molecule has 0 bridgehead atoms. The smallest absolute Gasteiger partial charge is 0.0548 e. The first-order valence-corrected chi connectivity index (χ1v) is 11.0. The Morgan fingerprint density at radius 3 is 2.06 bits per heavy atom. The topological polar surface area (TPSA) is 9.86 Å². The Bertz CT molecular complexity index is 1770. The third kappa shape index (κ3) is 2.41. The average molecular weight is 409 g/mol. The number of hydrogen-bond acceptors (Lipinski definition) is 0. The summed E-state index contributed by atoms with van der Waals surface area (Å²) in [5, 5.41) is 6.39. The Kier molecular flexibility index (Phi) is 3.58. The molecule has 7 rings (SSSR count). The summed E-state index contributed by atoms with van der Waals surface area (Å²) < 4.78 is 4.67. The maximum atomic E-state index is 2.37. The Balaban J connectivity index is 1.55. The van der Waals surface area contributed by atoms with Gasteiger partial charge in [0.15, 0.2) is 0 Å². The van der Waals surface area contributed by atoms with Crippen LogP contribution in [0.4, 0.5) is 0 Å². The molecule has 0 N–H and O–H groups in total. The number of para-hydroxylation sites is 2. The van der Waals surface area contributed by atoms with Gasteiger partial charge in [-0.3, -0.25) is 0 Å². The molecule has 2 heteroatoms. The summed E-state index contributed by atoms with van der Waals surface area (Å²) in [7, 11) is 0. The molecule has 2 aromatic heterocycles. The maximum absolute atomic E-state index is 2.37. The van der Waals surface area contributed by atoms with Gasteiger partial charge in [-0.15, -0.1) is 0 Å². The van der Waals surface area contributed by atoms with Gasteiger partial charge in [-0.25, -0.2) is 0 Å². The molecule has 0 aliphatic rings. The Morgan fingerprint density at radius 2 is 1.16 bits per heavy atom. The van der Waals surface area contributed by atoms with Gasteiger partial charge in [0.25, 0.3) is 0 Å². The highest BCUT2D eigenvalue weighted by Crippen LogP contribution is 2.37. The second kappa shape index (κ2) is 6.60. The highest BCUT2D eigenvalue weighted by Gasteiger charge is 2.16. The molecule has 0 spiro atoms. The van der Waals surface area contributed by atoms with Gasteiger partial charge < -0.3 is 9.13 Å². The third-order valence-corrected chi connectivity index (χ3v) is 6.53. The molecule has 0 amide bonds. The molecule has 32 heavy (non-hydrogen) atoms. The first-order valence-electron chi connectivity index (χ1n) is 11.0. The minimum atomic E-state index is 1.19. The zero-order chi connectivity index (χ0) is 21.1. The fourth-order valence-corrected chi connectivity index (χ4v) is 5.09. The van der Waals surface area contributed by atoms with E-state index >= 15 is 0 Å². The van der Waals surface area contributed by atoms with Crippen molar-refractivity contribution in [1.29, 1.82) is 0 Å². The number of benzene rings is 5. The Labute approximate surface area is 185 Å². The molecule has 0 fully saturated rings. The van der Waals surface area contributed by atoms with Gasteiger partial charge in [-0.05, 0) is 59.3 Å². The molecule has 5 aromatic carbocycles. The van der Waals surface area contributed by atoms with E-state index in [0.29, 0.717) is 0 Å². The van der Waals surface area contributed by atoms with Crippen LogP contribution in [0.2, 0.25) is 0 Å². The molecule has 0 saturated carbocycles. The van der Waals surface area contributed by atoms with Gasteiger partial charge in [0.2, 0.25) is 0 Å². The van der Waals surface area contributed by atoms with Crippen molar-refractivity contribution in [2.45, 2.75) is 0 Å². The lowest BCUT2D eigenvalue weighted by atomic mass is 10.1. The van der Waals surface area contributed by atoms with E-state index in [0.717, 1.165) is 0 Å². The van der Waals surface area contributed by atoms with Crippen molar-refractivity contribution in [3.63, 3.8) is 0 Å². The zero-order valence-corrected chi connectivity index (χ0v) is 17.4. The number of fused-ring (bicyclic) bond motifs is 6. The molecule has 150 valence electrons. The summed E-state index contributed by atoms with van der Waals surface area (Å²) in [6, 6.07) is 41.3. The van der Waals surface area contributed by atoms with Gasteiger partial charge in [-0.2, -0.15) is 0 Å². The van der Waals surface area contributed by atoms with Crippen molar-refractivity contribution in [1.82, 2.24) is 9.13 Å². The van der Waals surface area contributed by atoms with E-state index in [1.807, 2.05) is 0 Å².